The van der Waals surface area contributed by atoms with Crippen LogP contribution in [0.25, 0.3) is 0 Å². The fraction of sp³-hybridized carbons (Fsp3) is 0.700. The van der Waals surface area contributed by atoms with Crippen LogP contribution in [-0.2, 0) is 17.8 Å². The van der Waals surface area contributed by atoms with E-state index in [1.807, 2.05) is 0 Å². The number of aromatic nitrogens is 2. The van der Waals surface area contributed by atoms with Gasteiger partial charge in [0.05, 0.1) is 26.0 Å². The number of ether oxygens (including phenoxy) is 1. The molecular formula is C10H18N4O. The van der Waals surface area contributed by atoms with Crippen LogP contribution in [0.2, 0.25) is 0 Å². The minimum Gasteiger partial charge on any atom is -0.384 e. The summed E-state index contributed by atoms with van der Waals surface area (Å²) in [5.74, 6) is 1.80. The molecule has 2 heterocycles. The number of anilines is 1. The minimum atomic E-state index is 0.751. The SMILES string of the molecule is CCn1c(N)cnc1CN1CCOCC1. The van der Waals surface area contributed by atoms with Gasteiger partial charge in [0.25, 0.3) is 0 Å². The summed E-state index contributed by atoms with van der Waals surface area (Å²) in [6.45, 7) is 7.44. The lowest BCUT2D eigenvalue weighted by atomic mass is 10.4. The van der Waals surface area contributed by atoms with Crippen molar-refractivity contribution in [1.29, 1.82) is 0 Å². The summed E-state index contributed by atoms with van der Waals surface area (Å²) in [6, 6.07) is 0. The van der Waals surface area contributed by atoms with Crippen LogP contribution in [0.4, 0.5) is 5.82 Å². The Balaban J connectivity index is 2.02. The van der Waals surface area contributed by atoms with E-state index in [1.165, 1.54) is 0 Å². The number of hydrogen-bond acceptors (Lipinski definition) is 4. The topological polar surface area (TPSA) is 56.3 Å². The molecule has 1 fully saturated rings. The van der Waals surface area contributed by atoms with Gasteiger partial charge in [0.2, 0.25) is 0 Å². The van der Waals surface area contributed by atoms with Gasteiger partial charge in [0.1, 0.15) is 11.6 Å². The normalized spacial score (nSPS) is 18.2. The summed E-state index contributed by atoms with van der Waals surface area (Å²) in [4.78, 5) is 6.68. The number of hydrogen-bond donors (Lipinski definition) is 1. The van der Waals surface area contributed by atoms with E-state index in [0.29, 0.717) is 0 Å². The second-order valence-electron chi connectivity index (χ2n) is 3.73. The van der Waals surface area contributed by atoms with E-state index < -0.39 is 0 Å². The fourth-order valence-electron chi connectivity index (χ4n) is 1.88. The van der Waals surface area contributed by atoms with E-state index in [9.17, 15) is 0 Å². The summed E-state index contributed by atoms with van der Waals surface area (Å²) >= 11 is 0. The average Bonchev–Trinajstić information content (AvgIpc) is 2.61. The standard InChI is InChI=1S/C10H18N4O/c1-2-14-9(11)7-12-10(14)8-13-3-5-15-6-4-13/h7H,2-6,8,11H2,1H3. The van der Waals surface area contributed by atoms with Crippen LogP contribution in [0.1, 0.15) is 12.7 Å². The summed E-state index contributed by atoms with van der Waals surface area (Å²) in [6.07, 6.45) is 1.74. The van der Waals surface area contributed by atoms with Gasteiger partial charge in [-0.1, -0.05) is 0 Å². The molecule has 5 heteroatoms. The molecule has 5 nitrogen and oxygen atoms in total. The molecule has 0 bridgehead atoms. The zero-order valence-electron chi connectivity index (χ0n) is 9.15. The summed E-state index contributed by atoms with van der Waals surface area (Å²) in [7, 11) is 0. The van der Waals surface area contributed by atoms with Crippen molar-refractivity contribution in [2.45, 2.75) is 20.0 Å². The first-order chi connectivity index (χ1) is 7.31. The number of nitrogens with two attached hydrogens (primary N) is 1. The monoisotopic (exact) mass is 210 g/mol. The number of imidazole rings is 1. The lowest BCUT2D eigenvalue weighted by Gasteiger charge is -2.26. The summed E-state index contributed by atoms with van der Waals surface area (Å²) in [5, 5.41) is 0. The van der Waals surface area contributed by atoms with Crippen LogP contribution < -0.4 is 5.73 Å². The molecule has 0 saturated carbocycles. The minimum absolute atomic E-state index is 0.751. The average molecular weight is 210 g/mol. The fourth-order valence-corrected chi connectivity index (χ4v) is 1.88. The maximum absolute atomic E-state index is 5.81. The Kier molecular flexibility index (Phi) is 3.23. The van der Waals surface area contributed by atoms with Gasteiger partial charge in [0.15, 0.2) is 0 Å². The van der Waals surface area contributed by atoms with Gasteiger partial charge in [-0.15, -0.1) is 0 Å². The van der Waals surface area contributed by atoms with Gasteiger partial charge in [-0.05, 0) is 6.92 Å². The smallest absolute Gasteiger partial charge is 0.124 e. The largest absolute Gasteiger partial charge is 0.384 e. The molecule has 2 rings (SSSR count). The van der Waals surface area contributed by atoms with E-state index in [0.717, 1.165) is 51.0 Å². The quantitative estimate of drug-likeness (QED) is 0.780. The predicted octanol–water partition coefficient (Wildman–Crippen LogP) is 0.317. The van der Waals surface area contributed by atoms with Crippen molar-refractivity contribution in [1.82, 2.24) is 14.5 Å². The Morgan fingerprint density at radius 2 is 2.20 bits per heavy atom. The molecule has 1 aliphatic rings. The molecular weight excluding hydrogens is 192 g/mol. The second-order valence-corrected chi connectivity index (χ2v) is 3.73. The first-order valence-electron chi connectivity index (χ1n) is 5.41. The molecule has 2 N–H and O–H groups in total. The first kappa shape index (κ1) is 10.4. The van der Waals surface area contributed by atoms with E-state index >= 15 is 0 Å². The zero-order valence-corrected chi connectivity index (χ0v) is 9.15. The molecule has 0 atom stereocenters. The third kappa shape index (κ3) is 2.30. The highest BCUT2D eigenvalue weighted by atomic mass is 16.5. The van der Waals surface area contributed by atoms with Crippen molar-refractivity contribution in [3.8, 4) is 0 Å². The molecule has 1 aromatic heterocycles. The highest BCUT2D eigenvalue weighted by molar-refractivity contribution is 5.27. The van der Waals surface area contributed by atoms with Gasteiger partial charge < -0.3 is 15.0 Å². The third-order valence-corrected chi connectivity index (χ3v) is 2.75. The molecule has 0 unspecified atom stereocenters. The van der Waals surface area contributed by atoms with Gasteiger partial charge in [0, 0.05) is 19.6 Å². The second kappa shape index (κ2) is 4.63. The van der Waals surface area contributed by atoms with Gasteiger partial charge >= 0.3 is 0 Å². The molecule has 0 aliphatic carbocycles. The van der Waals surface area contributed by atoms with Crippen LogP contribution in [0.3, 0.4) is 0 Å². The Hall–Kier alpha value is -1.07. The Bertz CT molecular complexity index is 317. The first-order valence-corrected chi connectivity index (χ1v) is 5.41. The lowest BCUT2D eigenvalue weighted by Crippen LogP contribution is -2.36. The van der Waals surface area contributed by atoms with Crippen molar-refractivity contribution in [3.63, 3.8) is 0 Å². The molecule has 1 saturated heterocycles. The van der Waals surface area contributed by atoms with Crippen molar-refractivity contribution in [2.24, 2.45) is 0 Å². The molecule has 1 aromatic rings. The van der Waals surface area contributed by atoms with Gasteiger partial charge in [-0.3, -0.25) is 4.90 Å². The Morgan fingerprint density at radius 1 is 1.47 bits per heavy atom. The maximum Gasteiger partial charge on any atom is 0.124 e. The molecule has 0 spiro atoms. The van der Waals surface area contributed by atoms with E-state index in [4.69, 9.17) is 10.5 Å². The number of nitrogens with zero attached hydrogens (tertiary/aromatic N) is 3. The molecule has 15 heavy (non-hydrogen) atoms. The highest BCUT2D eigenvalue weighted by Crippen LogP contribution is 2.10. The Labute approximate surface area is 89.8 Å². The number of nitrogen functional groups attached to an aromatic ring is 1. The van der Waals surface area contributed by atoms with Crippen LogP contribution in [-0.4, -0.2) is 40.8 Å². The van der Waals surface area contributed by atoms with Crippen LogP contribution in [0, 0.1) is 0 Å². The third-order valence-electron chi connectivity index (χ3n) is 2.75. The van der Waals surface area contributed by atoms with Crippen LogP contribution in [0.5, 0.6) is 0 Å². The molecule has 84 valence electrons. The van der Waals surface area contributed by atoms with E-state index in [1.54, 1.807) is 6.20 Å². The van der Waals surface area contributed by atoms with Gasteiger partial charge in [-0.25, -0.2) is 4.98 Å². The van der Waals surface area contributed by atoms with E-state index in [2.05, 4.69) is 21.4 Å². The number of rotatable bonds is 3. The zero-order chi connectivity index (χ0) is 10.7. The van der Waals surface area contributed by atoms with E-state index in [-0.39, 0.29) is 0 Å². The van der Waals surface area contributed by atoms with Crippen molar-refractivity contribution in [3.05, 3.63) is 12.0 Å². The molecule has 1 aliphatic heterocycles. The van der Waals surface area contributed by atoms with Crippen LogP contribution >= 0.6 is 0 Å². The predicted molar refractivity (Wildman–Crippen MR) is 58.4 cm³/mol. The molecule has 0 radical (unpaired) electrons. The number of morpholine rings is 1. The van der Waals surface area contributed by atoms with Gasteiger partial charge in [-0.2, -0.15) is 0 Å². The van der Waals surface area contributed by atoms with Crippen molar-refractivity contribution >= 4 is 5.82 Å². The maximum atomic E-state index is 5.81. The van der Waals surface area contributed by atoms with Crippen LogP contribution in [0.15, 0.2) is 6.20 Å². The molecule has 0 amide bonds. The van der Waals surface area contributed by atoms with Crippen molar-refractivity contribution < 1.29 is 4.74 Å². The lowest BCUT2D eigenvalue weighted by molar-refractivity contribution is 0.0326. The highest BCUT2D eigenvalue weighted by Gasteiger charge is 2.14. The summed E-state index contributed by atoms with van der Waals surface area (Å²) in [5.41, 5.74) is 5.81. The summed E-state index contributed by atoms with van der Waals surface area (Å²) < 4.78 is 7.36. The Morgan fingerprint density at radius 3 is 2.87 bits per heavy atom. The molecule has 0 aromatic carbocycles. The van der Waals surface area contributed by atoms with Crippen molar-refractivity contribution in [2.75, 3.05) is 32.0 Å².